The van der Waals surface area contributed by atoms with Crippen LogP contribution in [0, 0.1) is 0 Å². The van der Waals surface area contributed by atoms with Crippen LogP contribution in [-0.2, 0) is 13.2 Å². The van der Waals surface area contributed by atoms with Crippen molar-refractivity contribution in [1.29, 1.82) is 0 Å². The summed E-state index contributed by atoms with van der Waals surface area (Å²) in [5.41, 5.74) is -1.17. The predicted octanol–water partition coefficient (Wildman–Crippen LogP) is 2.02. The zero-order valence-electron chi connectivity index (χ0n) is 16.8. The first-order valence-electron chi connectivity index (χ1n) is 10.0. The normalized spacial score (nSPS) is 19.7. The number of fused-ring (bicyclic) bond motifs is 2. The van der Waals surface area contributed by atoms with E-state index < -0.39 is 23.5 Å². The van der Waals surface area contributed by atoms with Crippen LogP contribution in [0.15, 0.2) is 24.7 Å². The van der Waals surface area contributed by atoms with Gasteiger partial charge in [-0.05, 0) is 25.5 Å². The van der Waals surface area contributed by atoms with Crippen LogP contribution in [0.5, 0.6) is 0 Å². The van der Waals surface area contributed by atoms with Crippen LogP contribution in [-0.4, -0.2) is 67.4 Å². The lowest BCUT2D eigenvalue weighted by Gasteiger charge is -2.38. The van der Waals surface area contributed by atoms with Crippen molar-refractivity contribution in [2.45, 2.75) is 25.1 Å². The average molecular weight is 434 g/mol. The number of anilines is 2. The maximum atomic E-state index is 13.2. The summed E-state index contributed by atoms with van der Waals surface area (Å²) in [5, 5.41) is 9.84. The van der Waals surface area contributed by atoms with Crippen molar-refractivity contribution in [2.75, 3.05) is 36.4 Å². The SMILES string of the molecule is Cn1cc(NC(=O)c2cnn3ccc(N4CCN5CCCC5C4)nc23)c(C(F)(F)F)n1. The van der Waals surface area contributed by atoms with E-state index in [1.807, 2.05) is 6.07 Å². The summed E-state index contributed by atoms with van der Waals surface area (Å²) in [6, 6.07) is 2.35. The molecule has 0 saturated carbocycles. The Balaban J connectivity index is 1.42. The molecule has 1 unspecified atom stereocenters. The van der Waals surface area contributed by atoms with Crippen LogP contribution in [0.4, 0.5) is 24.7 Å². The fourth-order valence-electron chi connectivity index (χ4n) is 4.37. The highest BCUT2D eigenvalue weighted by molar-refractivity contribution is 6.08. The van der Waals surface area contributed by atoms with Crippen LogP contribution in [0.2, 0.25) is 0 Å². The molecule has 2 saturated heterocycles. The quantitative estimate of drug-likeness (QED) is 0.679. The molecule has 9 nitrogen and oxygen atoms in total. The molecule has 0 aliphatic carbocycles. The standard InChI is InChI=1S/C19H21F3N8O/c1-27-11-14(16(26-27)19(20,21)22)24-18(31)13-9-23-30-6-4-15(25-17(13)30)29-8-7-28-5-2-3-12(28)10-29/h4,6,9,11-12H,2-3,5,7-8,10H2,1H3,(H,24,31). The Labute approximate surface area is 175 Å². The highest BCUT2D eigenvalue weighted by atomic mass is 19.4. The van der Waals surface area contributed by atoms with E-state index in [4.69, 9.17) is 0 Å². The Morgan fingerprint density at radius 3 is 2.90 bits per heavy atom. The molecule has 2 fully saturated rings. The minimum absolute atomic E-state index is 0.0957. The number of hydrogen-bond acceptors (Lipinski definition) is 6. The monoisotopic (exact) mass is 434 g/mol. The van der Waals surface area contributed by atoms with E-state index in [-0.39, 0.29) is 5.56 Å². The van der Waals surface area contributed by atoms with Gasteiger partial charge in [0.25, 0.3) is 5.91 Å². The Morgan fingerprint density at radius 1 is 1.26 bits per heavy atom. The molecule has 3 aromatic rings. The molecule has 12 heteroatoms. The molecule has 3 aromatic heterocycles. The van der Waals surface area contributed by atoms with Gasteiger partial charge in [0.2, 0.25) is 0 Å². The van der Waals surface area contributed by atoms with Gasteiger partial charge in [0.15, 0.2) is 11.3 Å². The van der Waals surface area contributed by atoms with E-state index in [0.29, 0.717) is 11.7 Å². The molecule has 5 rings (SSSR count). The van der Waals surface area contributed by atoms with Crippen LogP contribution >= 0.6 is 0 Å². The van der Waals surface area contributed by atoms with Crippen molar-refractivity contribution >= 4 is 23.1 Å². The van der Waals surface area contributed by atoms with Crippen LogP contribution < -0.4 is 10.2 Å². The Bertz CT molecular complexity index is 1140. The topological polar surface area (TPSA) is 83.6 Å². The molecule has 2 aliphatic rings. The van der Waals surface area contributed by atoms with Crippen LogP contribution in [0.25, 0.3) is 5.65 Å². The van der Waals surface area contributed by atoms with E-state index in [1.165, 1.54) is 24.2 Å². The third kappa shape index (κ3) is 3.60. The third-order valence-corrected chi connectivity index (χ3v) is 5.86. The summed E-state index contributed by atoms with van der Waals surface area (Å²) < 4.78 is 42.0. The number of aromatic nitrogens is 5. The zero-order valence-corrected chi connectivity index (χ0v) is 16.8. The molecule has 5 heterocycles. The number of carbonyl (C=O) groups is 1. The van der Waals surface area contributed by atoms with Crippen molar-refractivity contribution in [3.63, 3.8) is 0 Å². The van der Waals surface area contributed by atoms with Crippen molar-refractivity contribution in [1.82, 2.24) is 29.3 Å². The van der Waals surface area contributed by atoms with Gasteiger partial charge in [-0.2, -0.15) is 23.4 Å². The maximum absolute atomic E-state index is 13.2. The molecule has 1 amide bonds. The molecule has 0 radical (unpaired) electrons. The van der Waals surface area contributed by atoms with Gasteiger partial charge in [-0.3, -0.25) is 14.4 Å². The molecular weight excluding hydrogens is 413 g/mol. The van der Waals surface area contributed by atoms with Gasteiger partial charge < -0.3 is 10.2 Å². The van der Waals surface area contributed by atoms with Crippen LogP contribution in [0.1, 0.15) is 28.9 Å². The number of amides is 1. The minimum atomic E-state index is -4.68. The van der Waals surface area contributed by atoms with E-state index >= 15 is 0 Å². The maximum Gasteiger partial charge on any atom is 0.437 e. The number of halogens is 3. The smallest absolute Gasteiger partial charge is 0.354 e. The summed E-state index contributed by atoms with van der Waals surface area (Å²) in [5.74, 6) is 0.00437. The number of hydrogen-bond donors (Lipinski definition) is 1. The predicted molar refractivity (Wildman–Crippen MR) is 106 cm³/mol. The highest BCUT2D eigenvalue weighted by Crippen LogP contribution is 2.33. The molecule has 31 heavy (non-hydrogen) atoms. The number of nitrogens with one attached hydrogen (secondary N) is 1. The Hall–Kier alpha value is -3.15. The lowest BCUT2D eigenvalue weighted by atomic mass is 10.1. The van der Waals surface area contributed by atoms with Gasteiger partial charge in [0, 0.05) is 45.1 Å². The fourth-order valence-corrected chi connectivity index (χ4v) is 4.37. The van der Waals surface area contributed by atoms with Gasteiger partial charge >= 0.3 is 6.18 Å². The van der Waals surface area contributed by atoms with Crippen molar-refractivity contribution in [3.8, 4) is 0 Å². The van der Waals surface area contributed by atoms with Crippen molar-refractivity contribution in [3.05, 3.63) is 35.9 Å². The summed E-state index contributed by atoms with van der Waals surface area (Å²) in [4.78, 5) is 22.1. The number of nitrogens with zero attached hydrogens (tertiary/aromatic N) is 7. The van der Waals surface area contributed by atoms with E-state index in [1.54, 1.807) is 6.20 Å². The van der Waals surface area contributed by atoms with E-state index in [9.17, 15) is 18.0 Å². The summed E-state index contributed by atoms with van der Waals surface area (Å²) in [6.07, 6.45) is 1.81. The second-order valence-corrected chi connectivity index (χ2v) is 7.91. The first-order valence-corrected chi connectivity index (χ1v) is 10.0. The number of piperazine rings is 1. The Morgan fingerprint density at radius 2 is 2.10 bits per heavy atom. The van der Waals surface area contributed by atoms with Gasteiger partial charge in [0.1, 0.15) is 11.4 Å². The summed E-state index contributed by atoms with van der Waals surface area (Å²) in [7, 11) is 1.36. The van der Waals surface area contributed by atoms with Gasteiger partial charge in [-0.1, -0.05) is 0 Å². The second-order valence-electron chi connectivity index (χ2n) is 7.91. The molecule has 1 atom stereocenters. The first kappa shape index (κ1) is 19.8. The minimum Gasteiger partial charge on any atom is -0.354 e. The van der Waals surface area contributed by atoms with E-state index in [0.717, 1.165) is 49.3 Å². The molecular formula is C19H21F3N8O. The summed E-state index contributed by atoms with van der Waals surface area (Å²) >= 11 is 0. The molecule has 0 bridgehead atoms. The number of alkyl halides is 3. The third-order valence-electron chi connectivity index (χ3n) is 5.86. The number of carbonyl (C=O) groups excluding carboxylic acids is 1. The lowest BCUT2D eigenvalue weighted by Crippen LogP contribution is -2.50. The van der Waals surface area contributed by atoms with Gasteiger partial charge in [-0.25, -0.2) is 9.50 Å². The number of rotatable bonds is 3. The second kappa shape index (κ2) is 7.22. The number of aryl methyl sites for hydroxylation is 1. The molecule has 2 aliphatic heterocycles. The van der Waals surface area contributed by atoms with Gasteiger partial charge in [-0.15, -0.1) is 0 Å². The van der Waals surface area contributed by atoms with Crippen LogP contribution in [0.3, 0.4) is 0 Å². The lowest BCUT2D eigenvalue weighted by molar-refractivity contribution is -0.140. The average Bonchev–Trinajstić information content (AvgIpc) is 3.44. The largest absolute Gasteiger partial charge is 0.437 e. The van der Waals surface area contributed by atoms with Crippen molar-refractivity contribution < 1.29 is 18.0 Å². The fraction of sp³-hybridized carbons (Fsp3) is 0.474. The van der Waals surface area contributed by atoms with Gasteiger partial charge in [0.05, 0.1) is 11.9 Å². The zero-order chi connectivity index (χ0) is 21.8. The van der Waals surface area contributed by atoms with Crippen molar-refractivity contribution in [2.24, 2.45) is 7.05 Å². The van der Waals surface area contributed by atoms with E-state index in [2.05, 4.69) is 30.3 Å². The molecule has 0 aromatic carbocycles. The Kier molecular flexibility index (Phi) is 4.61. The summed E-state index contributed by atoms with van der Waals surface area (Å²) in [6.45, 7) is 3.79. The molecule has 1 N–H and O–H groups in total. The molecule has 0 spiro atoms. The molecule has 164 valence electrons. The highest BCUT2D eigenvalue weighted by Gasteiger charge is 2.38. The first-order chi connectivity index (χ1) is 14.8.